The second-order valence-corrected chi connectivity index (χ2v) is 35.3. The van der Waals surface area contributed by atoms with Gasteiger partial charge in [0.05, 0.1) is 54.8 Å². The van der Waals surface area contributed by atoms with Crippen molar-refractivity contribution in [2.75, 3.05) is 107 Å². The maximum atomic E-state index is 15.4. The second-order valence-electron chi connectivity index (χ2n) is 32.2. The van der Waals surface area contributed by atoms with Crippen molar-refractivity contribution in [3.63, 3.8) is 0 Å². The number of aliphatic carboxylic acids is 1. The van der Waals surface area contributed by atoms with E-state index in [1.165, 1.54) is 54.3 Å². The Morgan fingerprint density at radius 1 is 0.548 bits per heavy atom. The van der Waals surface area contributed by atoms with Crippen molar-refractivity contribution in [1.82, 2.24) is 93.0 Å². The summed E-state index contributed by atoms with van der Waals surface area (Å²) in [5, 5.41) is 50.9. The average molecular weight is 1810 g/mol. The topological polar surface area (TPSA) is 597 Å². The molecule has 2 aromatic carbocycles. The van der Waals surface area contributed by atoms with Gasteiger partial charge < -0.3 is 115 Å². The van der Waals surface area contributed by atoms with Gasteiger partial charge in [-0.05, 0) is 68.2 Å². The van der Waals surface area contributed by atoms with Crippen LogP contribution in [0.25, 0.3) is 21.8 Å². The predicted molar refractivity (Wildman–Crippen MR) is 466 cm³/mol. The lowest BCUT2D eigenvalue weighted by atomic mass is 9.98. The molecule has 0 saturated carbocycles. The Kier molecular flexibility index (Phi) is 38.0. The van der Waals surface area contributed by atoms with E-state index < -0.39 is 240 Å². The summed E-state index contributed by atoms with van der Waals surface area (Å²) in [6.45, 7) is 8.02. The number of nitrogens with zero attached hydrogens (tertiary/aromatic N) is 5. The normalized spacial score (nSPS) is 24.6. The number of Topliss-reactive ketones (excluding diaryl/α,β-unsaturated/α-hetero) is 1. The van der Waals surface area contributed by atoms with Gasteiger partial charge in [-0.2, -0.15) is 11.8 Å². The number of aliphatic hydroxyl groups is 1. The summed E-state index contributed by atoms with van der Waals surface area (Å²) < 4.78 is 0. The Labute approximate surface area is 740 Å². The fraction of sp³-hybridized carbons (Fsp3) is 0.573. The van der Waals surface area contributed by atoms with E-state index in [0.717, 1.165) is 47.1 Å². The third kappa shape index (κ3) is 28.6. The molecule has 126 heavy (non-hydrogen) atoms. The van der Waals surface area contributed by atoms with Gasteiger partial charge in [0.1, 0.15) is 60.4 Å². The van der Waals surface area contributed by atoms with Crippen LogP contribution in [0.4, 0.5) is 0 Å². The first kappa shape index (κ1) is 100. The van der Waals surface area contributed by atoms with Crippen molar-refractivity contribution in [1.29, 1.82) is 0 Å². The number of aromatic nitrogens is 2. The summed E-state index contributed by atoms with van der Waals surface area (Å²) in [6, 6.07) is -3.27. The molecule has 41 nitrogen and oxygen atoms in total. The zero-order chi connectivity index (χ0) is 92.3. The molecular formula is C82H116N20O21S3. The Morgan fingerprint density at radius 2 is 1.04 bits per heavy atom. The fourth-order valence-electron chi connectivity index (χ4n) is 14.7. The summed E-state index contributed by atoms with van der Waals surface area (Å²) in [5.41, 5.74) is 13.7. The number of amides is 17. The lowest BCUT2D eigenvalue weighted by Gasteiger charge is -2.32. The molecule has 0 radical (unpaired) electrons. The van der Waals surface area contributed by atoms with Gasteiger partial charge >= 0.3 is 5.97 Å². The molecule has 4 aliphatic rings. The van der Waals surface area contributed by atoms with Gasteiger partial charge in [-0.1, -0.05) is 71.0 Å². The molecule has 4 bridgehead atoms. The summed E-state index contributed by atoms with van der Waals surface area (Å²) in [6.07, 6.45) is -0.687. The number of nitrogens with two attached hydrogens (primary N) is 2. The molecule has 8 rings (SSSR count). The zero-order valence-corrected chi connectivity index (χ0v) is 74.1. The minimum absolute atomic E-state index is 0.00737. The lowest BCUT2D eigenvalue weighted by Crippen LogP contribution is -2.61. The highest BCUT2D eigenvalue weighted by atomic mass is 32.2. The van der Waals surface area contributed by atoms with E-state index in [-0.39, 0.29) is 107 Å². The monoisotopic (exact) mass is 1810 g/mol. The Bertz CT molecular complexity index is 4660. The maximum Gasteiger partial charge on any atom is 0.305 e. The number of carboxylic acids is 1. The highest BCUT2D eigenvalue weighted by molar-refractivity contribution is 8.00. The van der Waals surface area contributed by atoms with Crippen LogP contribution in [0.1, 0.15) is 98.1 Å². The number of fused-ring (bicyclic) bond motifs is 11. The summed E-state index contributed by atoms with van der Waals surface area (Å²) in [7, 11) is 1.36. The van der Waals surface area contributed by atoms with E-state index in [0.29, 0.717) is 39.4 Å². The first-order valence-electron chi connectivity index (χ1n) is 41.8. The van der Waals surface area contributed by atoms with Crippen LogP contribution in [-0.4, -0.2) is 336 Å². The third-order valence-corrected chi connectivity index (χ3v) is 25.1. The average Bonchev–Trinajstić information content (AvgIpc) is 1.70. The first-order chi connectivity index (χ1) is 59.9. The molecular weight excluding hydrogens is 1700 g/mol. The number of ketones is 1. The Hall–Kier alpha value is -11.4. The van der Waals surface area contributed by atoms with Gasteiger partial charge in [0.15, 0.2) is 5.78 Å². The van der Waals surface area contributed by atoms with E-state index in [9.17, 15) is 91.7 Å². The van der Waals surface area contributed by atoms with Crippen LogP contribution >= 0.6 is 35.3 Å². The maximum absolute atomic E-state index is 15.4. The molecule has 44 heteroatoms. The molecule has 13 atom stereocenters. The van der Waals surface area contributed by atoms with Gasteiger partial charge in [0.2, 0.25) is 100 Å². The highest BCUT2D eigenvalue weighted by Gasteiger charge is 2.43. The first-order valence-corrected chi connectivity index (χ1v) is 45.3. The number of para-hydroxylation sites is 2. The summed E-state index contributed by atoms with van der Waals surface area (Å²) >= 11 is 2.64. The Balaban J connectivity index is 1.18. The number of benzene rings is 2. The minimum Gasteiger partial charge on any atom is -0.481 e. The Morgan fingerprint density at radius 3 is 1.56 bits per heavy atom. The van der Waals surface area contributed by atoms with Crippen LogP contribution < -0.4 is 70.0 Å². The van der Waals surface area contributed by atoms with E-state index in [1.807, 2.05) is 0 Å². The number of aliphatic hydroxyl groups excluding tert-OH is 1. The number of carboxylic acid groups (broad SMARTS) is 1. The SMILES string of the molecule is CC[C@@H]1NC(=O)[C@H]([C@@H](C)O)NC(=O)[C@@H](CC(=O)[C@H](C)NC(=O)CN(C)C(=O)CCN)CSCC(=O)N2CCN3CCN(CC2)C(=O)CSC[C@H](NC1=O)C(=O)N[C@@H](Cc1c[nH]c2ccccc12)C(=O)N[C@@H](C(C)C)C(=O)N[C@@H](CC(=O)O)C(=O)NCC(=O)N[C@@H](Cc1c[nH]c2ccccc12)C(=O)N[C@@H](C(C)C)C(=O)N1CCC[C@H]1C(=O)N[C@H](C(N)=O)CSCC3=O. The molecule has 17 amide bonds. The number of carbonyl (C=O) groups is 19. The van der Waals surface area contributed by atoms with Crippen molar-refractivity contribution in [3.8, 4) is 0 Å². The number of likely N-dealkylation sites (N-methyl/N-ethyl adjacent to an activating group) is 1. The van der Waals surface area contributed by atoms with E-state index in [1.54, 1.807) is 74.8 Å². The molecule has 0 aliphatic carbocycles. The van der Waals surface area contributed by atoms with Crippen LogP contribution in [0.5, 0.6) is 0 Å². The fourth-order valence-corrected chi connectivity index (χ4v) is 17.6. The minimum atomic E-state index is -1.95. The smallest absolute Gasteiger partial charge is 0.305 e. The number of primary amides is 1. The van der Waals surface area contributed by atoms with Crippen LogP contribution in [0, 0.1) is 17.8 Å². The van der Waals surface area contributed by atoms with E-state index in [2.05, 4.69) is 68.5 Å². The molecule has 0 spiro atoms. The molecule has 688 valence electrons. The van der Waals surface area contributed by atoms with Gasteiger partial charge in [-0.3, -0.25) is 91.1 Å². The molecule has 0 unspecified atom stereocenters. The molecule has 4 saturated heterocycles. The molecule has 4 fully saturated rings. The molecule has 4 aromatic rings. The highest BCUT2D eigenvalue weighted by Crippen LogP contribution is 2.26. The van der Waals surface area contributed by atoms with Crippen molar-refractivity contribution in [3.05, 3.63) is 72.1 Å². The summed E-state index contributed by atoms with van der Waals surface area (Å²) in [5.74, 6) is -22.4. The van der Waals surface area contributed by atoms with Crippen LogP contribution in [0.3, 0.4) is 0 Å². The number of thioether (sulfide) groups is 3. The number of carbonyl (C=O) groups excluding carboxylic acids is 18. The van der Waals surface area contributed by atoms with Crippen molar-refractivity contribution >= 4 is 169 Å². The molecule has 6 heterocycles. The van der Waals surface area contributed by atoms with Crippen molar-refractivity contribution < 1.29 is 101 Å². The van der Waals surface area contributed by atoms with E-state index >= 15 is 9.59 Å². The predicted octanol–water partition coefficient (Wildman–Crippen LogP) is -4.42. The van der Waals surface area contributed by atoms with Crippen molar-refractivity contribution in [2.24, 2.45) is 29.2 Å². The quantitative estimate of drug-likeness (QED) is 0.0421. The number of H-pyrrole nitrogens is 2. The standard InChI is InChI=1S/C82H116N20O21S3/c1-9-52-75(116)94-59-39-126-42-67(110)101-26-24-99(65(108)40-124-37-49(73(114)97-71(46(7)103)81(122)90-52)31-61(104)45(6)88-63(106)36-98(8)64(107)20-21-83)23-25-100(27-28-101)66(109)41-125-38-58(72(84)113)93-79(120)60-19-14-22-102(60)82(123)70(44(4)5)96-76(117)55(29-47-33-85-53-17-12-10-15-50(47)53)89-62(105)35-87-74(115)57(32-68(111)112)92-80(121)69(43(2)3)95-77(118)56(91-78(59)119)30-48-34-86-54-18-13-11-16-51(48)54/h10-13,15-18,33-34,43-46,49,52,55-60,69-71,85-86,103H,9,14,19-32,35-42,83H2,1-8H3,(H2,84,113)(H,87,115)(H,88,106)(H,89,105)(H,90,122)(H,91,119)(H,92,121)(H,93,120)(H,94,116)(H,95,118)(H,96,117)(H,97,114)(H,111,112)/t45-,46+,49-,52-,55-,56-,57-,58-,59-,60-,69-,70-,71-/m0/s1. The van der Waals surface area contributed by atoms with E-state index in [4.69, 9.17) is 11.5 Å². The van der Waals surface area contributed by atoms with Crippen LogP contribution in [-0.2, 0) is 104 Å². The number of hydrogen-bond acceptors (Lipinski definition) is 24. The number of nitrogens with one attached hydrogen (secondary N) is 13. The molecule has 4 aliphatic heterocycles. The number of hydrogen-bond donors (Lipinski definition) is 17. The van der Waals surface area contributed by atoms with Gasteiger partial charge in [0, 0.05) is 137 Å². The van der Waals surface area contributed by atoms with Crippen LogP contribution in [0.2, 0.25) is 0 Å². The van der Waals surface area contributed by atoms with Gasteiger partial charge in [-0.25, -0.2) is 0 Å². The largest absolute Gasteiger partial charge is 0.481 e. The number of rotatable bonds is 19. The number of aromatic amines is 2. The van der Waals surface area contributed by atoms with Gasteiger partial charge in [0.25, 0.3) is 0 Å². The molecule has 2 aromatic heterocycles. The van der Waals surface area contributed by atoms with Crippen molar-refractivity contribution in [2.45, 2.75) is 172 Å². The third-order valence-electron chi connectivity index (χ3n) is 22.0. The zero-order valence-electron chi connectivity index (χ0n) is 71.7. The lowest BCUT2D eigenvalue weighted by molar-refractivity contribution is -0.143. The molecule has 19 N–H and O–H groups in total. The van der Waals surface area contributed by atoms with Crippen LogP contribution in [0.15, 0.2) is 60.9 Å². The summed E-state index contributed by atoms with van der Waals surface area (Å²) in [4.78, 5) is 284. The second kappa shape index (κ2) is 47.8. The van der Waals surface area contributed by atoms with Gasteiger partial charge in [-0.15, -0.1) is 23.5 Å².